The number of phenolic OH excluding ortho intramolecular Hbond substituents is 1. The minimum absolute atomic E-state index is 0.00228. The number of phenols is 1. The first-order valence-corrected chi connectivity index (χ1v) is 5.88. The number of hydrogen-bond donors (Lipinski definition) is 3. The summed E-state index contributed by atoms with van der Waals surface area (Å²) in [5.41, 5.74) is 0.451. The van der Waals surface area contributed by atoms with Crippen molar-refractivity contribution in [1.82, 2.24) is 5.32 Å². The van der Waals surface area contributed by atoms with Gasteiger partial charge in [0.2, 0.25) is 0 Å². The van der Waals surface area contributed by atoms with Crippen LogP contribution >= 0.6 is 0 Å². The Hall–Kier alpha value is -1.15. The van der Waals surface area contributed by atoms with Crippen LogP contribution in [-0.2, 0) is 14.6 Å². The molecule has 0 fully saturated rings. The van der Waals surface area contributed by atoms with E-state index in [9.17, 15) is 13.5 Å². The van der Waals surface area contributed by atoms with Crippen molar-refractivity contribution >= 4 is 10.4 Å². The van der Waals surface area contributed by atoms with Crippen LogP contribution in [0.4, 0.5) is 0 Å². The maximum Gasteiger partial charge on any atom is 0.397 e. The van der Waals surface area contributed by atoms with Gasteiger partial charge in [-0.15, -0.1) is 0 Å². The molecule has 0 saturated carbocycles. The lowest BCUT2D eigenvalue weighted by Crippen LogP contribution is -2.22. The fourth-order valence-corrected chi connectivity index (χ4v) is 1.74. The van der Waals surface area contributed by atoms with Gasteiger partial charge in [-0.3, -0.25) is 4.55 Å². The smallest absolute Gasteiger partial charge is 0.397 e. The number of nitrogens with one attached hydrogen (secondary N) is 1. The molecular formula is C9H13NO5S. The lowest BCUT2D eigenvalue weighted by atomic mass is 10.1. The largest absolute Gasteiger partial charge is 0.508 e. The zero-order valence-corrected chi connectivity index (χ0v) is 9.44. The molecule has 1 unspecified atom stereocenters. The van der Waals surface area contributed by atoms with Crippen molar-refractivity contribution in [2.75, 3.05) is 13.6 Å². The van der Waals surface area contributed by atoms with E-state index in [1.54, 1.807) is 19.2 Å². The second-order valence-corrected chi connectivity index (χ2v) is 4.21. The molecule has 7 heteroatoms. The van der Waals surface area contributed by atoms with Crippen molar-refractivity contribution in [3.63, 3.8) is 0 Å². The van der Waals surface area contributed by atoms with Crippen LogP contribution in [0.5, 0.6) is 5.75 Å². The number of hydrogen-bond acceptors (Lipinski definition) is 5. The van der Waals surface area contributed by atoms with Crippen LogP contribution in [0.2, 0.25) is 0 Å². The minimum atomic E-state index is -4.53. The molecule has 0 aromatic heterocycles. The fourth-order valence-electron chi connectivity index (χ4n) is 1.26. The molecule has 0 aliphatic heterocycles. The van der Waals surface area contributed by atoms with Gasteiger partial charge >= 0.3 is 10.4 Å². The van der Waals surface area contributed by atoms with Gasteiger partial charge in [-0.1, -0.05) is 12.1 Å². The molecule has 90 valence electrons. The predicted octanol–water partition coefficient (Wildman–Crippen LogP) is 0.472. The molecule has 16 heavy (non-hydrogen) atoms. The summed E-state index contributed by atoms with van der Waals surface area (Å²) in [5, 5.41) is 12.0. The lowest BCUT2D eigenvalue weighted by molar-refractivity contribution is 0.183. The summed E-state index contributed by atoms with van der Waals surface area (Å²) in [6, 6.07) is 5.97. The Morgan fingerprint density at radius 2 is 2.19 bits per heavy atom. The first kappa shape index (κ1) is 12.9. The molecule has 0 bridgehead atoms. The summed E-state index contributed by atoms with van der Waals surface area (Å²) in [6.45, 7) is 0.184. The highest BCUT2D eigenvalue weighted by molar-refractivity contribution is 7.80. The summed E-state index contributed by atoms with van der Waals surface area (Å²) < 4.78 is 34.3. The summed E-state index contributed by atoms with van der Waals surface area (Å²) in [7, 11) is -2.91. The molecule has 0 saturated heterocycles. The Morgan fingerprint density at radius 1 is 1.50 bits per heavy atom. The second kappa shape index (κ2) is 5.26. The van der Waals surface area contributed by atoms with E-state index in [2.05, 4.69) is 9.50 Å². The van der Waals surface area contributed by atoms with Crippen LogP contribution in [0.3, 0.4) is 0 Å². The highest BCUT2D eigenvalue weighted by Gasteiger charge is 2.18. The molecule has 0 radical (unpaired) electrons. The van der Waals surface area contributed by atoms with Crippen molar-refractivity contribution in [1.29, 1.82) is 0 Å². The van der Waals surface area contributed by atoms with Gasteiger partial charge in [0.25, 0.3) is 0 Å². The normalized spacial score (nSPS) is 13.6. The molecule has 1 atom stereocenters. The van der Waals surface area contributed by atoms with Gasteiger partial charge in [-0.2, -0.15) is 8.42 Å². The predicted molar refractivity (Wildman–Crippen MR) is 57.4 cm³/mol. The van der Waals surface area contributed by atoms with Crippen molar-refractivity contribution in [3.8, 4) is 5.75 Å². The highest BCUT2D eigenvalue weighted by Crippen LogP contribution is 2.22. The van der Waals surface area contributed by atoms with Gasteiger partial charge < -0.3 is 10.4 Å². The van der Waals surface area contributed by atoms with Gasteiger partial charge in [-0.25, -0.2) is 4.18 Å². The number of benzene rings is 1. The van der Waals surface area contributed by atoms with E-state index >= 15 is 0 Å². The van der Waals surface area contributed by atoms with E-state index in [4.69, 9.17) is 4.55 Å². The van der Waals surface area contributed by atoms with Crippen LogP contribution in [0.25, 0.3) is 0 Å². The maximum atomic E-state index is 10.6. The van der Waals surface area contributed by atoms with Crippen LogP contribution in [0.15, 0.2) is 24.3 Å². The average Bonchev–Trinajstić information content (AvgIpc) is 2.15. The molecule has 1 aromatic carbocycles. The maximum absolute atomic E-state index is 10.6. The van der Waals surface area contributed by atoms with Crippen molar-refractivity contribution in [2.24, 2.45) is 0 Å². The summed E-state index contributed by atoms with van der Waals surface area (Å²) in [6.07, 6.45) is -0.882. The monoisotopic (exact) mass is 247 g/mol. The summed E-state index contributed by atoms with van der Waals surface area (Å²) in [4.78, 5) is 0. The van der Waals surface area contributed by atoms with Gasteiger partial charge in [0.05, 0.1) is 0 Å². The van der Waals surface area contributed by atoms with E-state index in [1.165, 1.54) is 12.1 Å². The summed E-state index contributed by atoms with van der Waals surface area (Å²) in [5.74, 6) is -0.00228. The first-order valence-electron chi connectivity index (χ1n) is 4.51. The van der Waals surface area contributed by atoms with E-state index in [0.717, 1.165) is 0 Å². The number of likely N-dealkylation sites (N-methyl/N-ethyl adjacent to an activating group) is 1. The Kier molecular flexibility index (Phi) is 4.25. The van der Waals surface area contributed by atoms with Crippen molar-refractivity contribution in [3.05, 3.63) is 29.8 Å². The van der Waals surface area contributed by atoms with Gasteiger partial charge in [0, 0.05) is 6.54 Å². The third-order valence-corrected chi connectivity index (χ3v) is 2.34. The van der Waals surface area contributed by atoms with E-state index < -0.39 is 16.5 Å². The minimum Gasteiger partial charge on any atom is -0.508 e. The van der Waals surface area contributed by atoms with Crippen LogP contribution < -0.4 is 5.32 Å². The molecule has 0 aliphatic rings. The zero-order chi connectivity index (χ0) is 12.2. The fraction of sp³-hybridized carbons (Fsp3) is 0.333. The molecule has 0 spiro atoms. The first-order chi connectivity index (χ1) is 7.42. The van der Waals surface area contributed by atoms with Crippen LogP contribution in [0, 0.1) is 0 Å². The standard InChI is InChI=1S/C9H13NO5S/c1-10-6-9(15-16(12,13)14)7-3-2-4-8(11)5-7/h2-5,9-11H,6H2,1H3,(H,12,13,14). The van der Waals surface area contributed by atoms with Gasteiger partial charge in [0.15, 0.2) is 0 Å². The quantitative estimate of drug-likeness (QED) is 0.655. The van der Waals surface area contributed by atoms with Gasteiger partial charge in [-0.05, 0) is 24.7 Å². The van der Waals surface area contributed by atoms with Crippen molar-refractivity contribution < 1.29 is 22.3 Å². The van der Waals surface area contributed by atoms with Crippen molar-refractivity contribution in [2.45, 2.75) is 6.10 Å². The average molecular weight is 247 g/mol. The molecule has 3 N–H and O–H groups in total. The second-order valence-electron chi connectivity index (χ2n) is 3.17. The van der Waals surface area contributed by atoms with E-state index in [1.807, 2.05) is 0 Å². The van der Waals surface area contributed by atoms with Crippen LogP contribution in [0.1, 0.15) is 11.7 Å². The topological polar surface area (TPSA) is 95.9 Å². The molecular weight excluding hydrogens is 234 g/mol. The third kappa shape index (κ3) is 4.15. The number of aromatic hydroxyl groups is 1. The third-order valence-electron chi connectivity index (χ3n) is 1.87. The Labute approximate surface area is 93.8 Å². The molecule has 0 aliphatic carbocycles. The number of rotatable bonds is 5. The lowest BCUT2D eigenvalue weighted by Gasteiger charge is -2.15. The molecule has 1 aromatic rings. The van der Waals surface area contributed by atoms with E-state index in [0.29, 0.717) is 5.56 Å². The zero-order valence-electron chi connectivity index (χ0n) is 8.62. The van der Waals surface area contributed by atoms with Crippen LogP contribution in [-0.4, -0.2) is 31.7 Å². The molecule has 0 heterocycles. The Balaban J connectivity index is 2.93. The molecule has 1 rings (SSSR count). The highest BCUT2D eigenvalue weighted by atomic mass is 32.3. The Morgan fingerprint density at radius 3 is 2.69 bits per heavy atom. The SMILES string of the molecule is CNCC(OS(=O)(=O)O)c1cccc(O)c1. The van der Waals surface area contributed by atoms with Gasteiger partial charge in [0.1, 0.15) is 11.9 Å². The summed E-state index contributed by atoms with van der Waals surface area (Å²) >= 11 is 0. The molecule has 0 amide bonds. The molecule has 6 nitrogen and oxygen atoms in total. The Bertz CT molecular complexity index is 445. The van der Waals surface area contributed by atoms with E-state index in [-0.39, 0.29) is 12.3 Å².